The van der Waals surface area contributed by atoms with Gasteiger partial charge in [0.05, 0.1) is 5.92 Å². The minimum atomic E-state index is -0.665. The van der Waals surface area contributed by atoms with E-state index in [-0.39, 0.29) is 25.1 Å². The fourth-order valence-electron chi connectivity index (χ4n) is 2.52. The van der Waals surface area contributed by atoms with Crippen LogP contribution in [-0.2, 0) is 19.1 Å². The Morgan fingerprint density at radius 1 is 1.28 bits per heavy atom. The van der Waals surface area contributed by atoms with E-state index in [1.165, 1.54) is 0 Å². The number of carbonyl (C=O) groups excluding carboxylic acids is 2. The van der Waals surface area contributed by atoms with Crippen LogP contribution < -0.4 is 4.74 Å². The summed E-state index contributed by atoms with van der Waals surface area (Å²) in [5, 5.41) is 0. The predicted molar refractivity (Wildman–Crippen MR) is 94.2 cm³/mol. The molecule has 134 valence electrons. The molecule has 0 bridgehead atoms. The molecule has 2 rings (SSSR count). The molecule has 1 aromatic carbocycles. The van der Waals surface area contributed by atoms with Crippen molar-refractivity contribution < 1.29 is 23.8 Å². The molecule has 0 saturated heterocycles. The van der Waals surface area contributed by atoms with Crippen LogP contribution in [0.1, 0.15) is 24.8 Å². The fourth-order valence-corrected chi connectivity index (χ4v) is 2.52. The number of esters is 2. The molecule has 0 amide bonds. The highest BCUT2D eigenvalue weighted by Crippen LogP contribution is 2.21. The van der Waals surface area contributed by atoms with E-state index >= 15 is 0 Å². The molecule has 1 aromatic rings. The Kier molecular flexibility index (Phi) is 7.26. The molecule has 0 saturated carbocycles. The molecule has 0 aliphatic heterocycles. The Bertz CT molecular complexity index is 635. The lowest BCUT2D eigenvalue weighted by molar-refractivity contribution is -0.162. The van der Waals surface area contributed by atoms with Crippen molar-refractivity contribution in [3.8, 4) is 5.75 Å². The van der Waals surface area contributed by atoms with Crippen molar-refractivity contribution in [2.24, 2.45) is 5.92 Å². The fraction of sp³-hybridized carbons (Fsp3) is 0.400. The number of allylic oxidation sites excluding steroid dienone is 2. The van der Waals surface area contributed by atoms with Gasteiger partial charge in [-0.2, -0.15) is 0 Å². The minimum Gasteiger partial charge on any atom is -0.489 e. The Morgan fingerprint density at radius 3 is 2.76 bits per heavy atom. The van der Waals surface area contributed by atoms with Crippen LogP contribution in [0.25, 0.3) is 0 Å². The quantitative estimate of drug-likeness (QED) is 0.411. The van der Waals surface area contributed by atoms with Crippen molar-refractivity contribution in [2.45, 2.75) is 32.3 Å². The van der Waals surface area contributed by atoms with E-state index in [2.05, 4.69) is 12.7 Å². The van der Waals surface area contributed by atoms with Gasteiger partial charge >= 0.3 is 11.9 Å². The predicted octanol–water partition coefficient (Wildman–Crippen LogP) is 3.37. The van der Waals surface area contributed by atoms with Crippen molar-refractivity contribution in [1.82, 2.24) is 0 Å². The molecular formula is C20H24O5. The van der Waals surface area contributed by atoms with Crippen LogP contribution in [0.5, 0.6) is 5.75 Å². The van der Waals surface area contributed by atoms with E-state index in [1.54, 1.807) is 0 Å². The molecule has 0 aromatic heterocycles. The smallest absolute Gasteiger partial charge is 0.330 e. The van der Waals surface area contributed by atoms with Crippen molar-refractivity contribution in [1.29, 1.82) is 0 Å². The van der Waals surface area contributed by atoms with Gasteiger partial charge in [0, 0.05) is 6.08 Å². The maximum absolute atomic E-state index is 12.3. The molecule has 0 radical (unpaired) electrons. The van der Waals surface area contributed by atoms with Gasteiger partial charge in [0.25, 0.3) is 0 Å². The molecule has 2 atom stereocenters. The average Bonchev–Trinajstić information content (AvgIpc) is 2.65. The summed E-state index contributed by atoms with van der Waals surface area (Å²) in [5.74, 6) is -0.282. The van der Waals surface area contributed by atoms with Crippen LogP contribution in [0.15, 0.2) is 49.1 Å². The summed E-state index contributed by atoms with van der Waals surface area (Å²) >= 11 is 0. The zero-order valence-corrected chi connectivity index (χ0v) is 14.5. The molecule has 1 aliphatic carbocycles. The summed E-state index contributed by atoms with van der Waals surface area (Å²) in [5.41, 5.74) is 0.980. The molecule has 0 heterocycles. The van der Waals surface area contributed by atoms with Crippen molar-refractivity contribution in [3.05, 3.63) is 54.6 Å². The number of aryl methyl sites for hydroxylation is 1. The Balaban J connectivity index is 1.95. The normalized spacial score (nSPS) is 17.4. The van der Waals surface area contributed by atoms with E-state index in [4.69, 9.17) is 14.2 Å². The summed E-state index contributed by atoms with van der Waals surface area (Å²) in [4.78, 5) is 23.6. The van der Waals surface area contributed by atoms with Crippen LogP contribution in [0, 0.1) is 12.8 Å². The summed E-state index contributed by atoms with van der Waals surface area (Å²) < 4.78 is 16.3. The van der Waals surface area contributed by atoms with Crippen molar-refractivity contribution in [2.75, 3.05) is 13.2 Å². The second-order valence-electron chi connectivity index (χ2n) is 5.95. The SMILES string of the molecule is C=CC(=O)OCC(COc1ccccc1C)OC(=O)C1CC=CCC1. The molecule has 0 N–H and O–H groups in total. The third-order valence-electron chi connectivity index (χ3n) is 3.98. The van der Waals surface area contributed by atoms with Gasteiger partial charge in [0.2, 0.25) is 0 Å². The van der Waals surface area contributed by atoms with E-state index in [0.29, 0.717) is 12.2 Å². The second kappa shape index (κ2) is 9.67. The first kappa shape index (κ1) is 18.8. The summed E-state index contributed by atoms with van der Waals surface area (Å²) in [7, 11) is 0. The number of hydrogen-bond donors (Lipinski definition) is 0. The van der Waals surface area contributed by atoms with Crippen LogP contribution in [-0.4, -0.2) is 31.3 Å². The summed E-state index contributed by atoms with van der Waals surface area (Å²) in [6.07, 6.45) is 6.79. The lowest BCUT2D eigenvalue weighted by Gasteiger charge is -2.22. The molecule has 0 spiro atoms. The monoisotopic (exact) mass is 344 g/mol. The van der Waals surface area contributed by atoms with Crippen molar-refractivity contribution in [3.63, 3.8) is 0 Å². The maximum Gasteiger partial charge on any atom is 0.330 e. The zero-order chi connectivity index (χ0) is 18.1. The van der Waals surface area contributed by atoms with Crippen LogP contribution in [0.3, 0.4) is 0 Å². The first-order chi connectivity index (χ1) is 12.1. The first-order valence-corrected chi connectivity index (χ1v) is 8.43. The van der Waals surface area contributed by atoms with Gasteiger partial charge in [-0.25, -0.2) is 4.79 Å². The number of benzene rings is 1. The zero-order valence-electron chi connectivity index (χ0n) is 14.5. The van der Waals surface area contributed by atoms with Crippen molar-refractivity contribution >= 4 is 11.9 Å². The molecular weight excluding hydrogens is 320 g/mol. The van der Waals surface area contributed by atoms with Gasteiger partial charge in [0.15, 0.2) is 6.10 Å². The van der Waals surface area contributed by atoms with E-state index < -0.39 is 12.1 Å². The van der Waals surface area contributed by atoms with Gasteiger partial charge < -0.3 is 14.2 Å². The van der Waals surface area contributed by atoms with E-state index in [9.17, 15) is 9.59 Å². The second-order valence-corrected chi connectivity index (χ2v) is 5.95. The Hall–Kier alpha value is -2.56. The Labute approximate surface area is 148 Å². The number of hydrogen-bond acceptors (Lipinski definition) is 5. The van der Waals surface area contributed by atoms with Gasteiger partial charge in [0.1, 0.15) is 19.0 Å². The van der Waals surface area contributed by atoms with Gasteiger partial charge in [-0.15, -0.1) is 0 Å². The lowest BCUT2D eigenvalue weighted by atomic mass is 9.95. The van der Waals surface area contributed by atoms with E-state index in [1.807, 2.05) is 37.3 Å². The number of para-hydroxylation sites is 1. The largest absolute Gasteiger partial charge is 0.489 e. The molecule has 5 heteroatoms. The van der Waals surface area contributed by atoms with Gasteiger partial charge in [-0.1, -0.05) is 36.9 Å². The highest BCUT2D eigenvalue weighted by molar-refractivity contribution is 5.81. The molecule has 2 unspecified atom stereocenters. The highest BCUT2D eigenvalue weighted by Gasteiger charge is 2.25. The van der Waals surface area contributed by atoms with Crippen LogP contribution in [0.4, 0.5) is 0 Å². The summed E-state index contributed by atoms with van der Waals surface area (Å²) in [6.45, 7) is 5.34. The number of rotatable bonds is 8. The van der Waals surface area contributed by atoms with Gasteiger partial charge in [-0.05, 0) is 37.8 Å². The third kappa shape index (κ3) is 6.10. The first-order valence-electron chi connectivity index (χ1n) is 8.43. The highest BCUT2D eigenvalue weighted by atomic mass is 16.6. The van der Waals surface area contributed by atoms with E-state index in [0.717, 1.165) is 24.5 Å². The molecule has 1 aliphatic rings. The minimum absolute atomic E-state index is 0.0645. The average molecular weight is 344 g/mol. The van der Waals surface area contributed by atoms with Gasteiger partial charge in [-0.3, -0.25) is 4.79 Å². The summed E-state index contributed by atoms with van der Waals surface area (Å²) in [6, 6.07) is 7.57. The Morgan fingerprint density at radius 2 is 2.08 bits per heavy atom. The maximum atomic E-state index is 12.3. The lowest BCUT2D eigenvalue weighted by Crippen LogP contribution is -2.33. The third-order valence-corrected chi connectivity index (χ3v) is 3.98. The van der Waals surface area contributed by atoms with Crippen LogP contribution >= 0.6 is 0 Å². The number of carbonyl (C=O) groups is 2. The number of ether oxygens (including phenoxy) is 3. The molecule has 0 fully saturated rings. The molecule has 25 heavy (non-hydrogen) atoms. The standard InChI is InChI=1S/C20H24O5/c1-3-19(21)24-14-17(13-23-18-12-8-7-9-15(18)2)25-20(22)16-10-5-4-6-11-16/h3-5,7-9,12,16-17H,1,6,10-11,13-14H2,2H3. The molecule has 5 nitrogen and oxygen atoms in total. The topological polar surface area (TPSA) is 61.8 Å². The van der Waals surface area contributed by atoms with Crippen LogP contribution in [0.2, 0.25) is 0 Å².